The summed E-state index contributed by atoms with van der Waals surface area (Å²) in [5, 5.41) is 0. The van der Waals surface area contributed by atoms with Crippen molar-refractivity contribution in [3.8, 4) is 0 Å². The molecule has 9 nitrogen and oxygen atoms in total. The van der Waals surface area contributed by atoms with E-state index in [4.69, 9.17) is 24.3 Å². The van der Waals surface area contributed by atoms with Crippen LogP contribution >= 0.6 is 7.82 Å². The molecule has 0 bridgehead atoms. The van der Waals surface area contributed by atoms with Gasteiger partial charge in [-0.25, -0.2) is 4.57 Å². The number of carbonyl (C=O) groups excluding carboxylic acids is 2. The Labute approximate surface area is 508 Å². The van der Waals surface area contributed by atoms with Crippen LogP contribution in [0.1, 0.15) is 245 Å². The van der Waals surface area contributed by atoms with Crippen LogP contribution in [0.5, 0.6) is 0 Å². The summed E-state index contributed by atoms with van der Waals surface area (Å²) in [4.78, 5) is 35.3. The van der Waals surface area contributed by atoms with Gasteiger partial charge in [-0.2, -0.15) is 0 Å². The highest BCUT2D eigenvalue weighted by molar-refractivity contribution is 7.47. The van der Waals surface area contributed by atoms with E-state index >= 15 is 0 Å². The highest BCUT2D eigenvalue weighted by Crippen LogP contribution is 2.43. The first-order valence-corrected chi connectivity index (χ1v) is 34.1. The second-order valence-electron chi connectivity index (χ2n) is 20.9. The molecule has 0 aliphatic carbocycles. The Balaban J connectivity index is 4.02. The van der Waals surface area contributed by atoms with Crippen molar-refractivity contribution < 1.29 is 37.6 Å². The molecule has 0 saturated carbocycles. The van der Waals surface area contributed by atoms with E-state index in [-0.39, 0.29) is 32.6 Å². The first-order valence-electron chi connectivity index (χ1n) is 32.6. The van der Waals surface area contributed by atoms with Crippen molar-refractivity contribution in [1.29, 1.82) is 0 Å². The molecule has 0 rings (SSSR count). The molecular formula is C73H118NO8P. The molecule has 0 aromatic heterocycles. The molecule has 0 aliphatic heterocycles. The lowest BCUT2D eigenvalue weighted by atomic mass is 10.1. The molecule has 0 aromatic rings. The number of unbranched alkanes of at least 4 members (excludes halogenated alkanes) is 18. The SMILES string of the molecule is CC/C=C\C/C=C\C/C=C\C/C=C\C/C=C\C/C=C\C/C=C\C/C=C\CCCCCCCCCCC(=O)OC(COC(=O)CCCCCCCCCCCC/C=C\C/C=C\C/C=C\C/C=C\C/C=C\C/C=C\CC)COP(=O)(O)OCCN. The molecule has 0 aromatic carbocycles. The molecule has 0 radical (unpaired) electrons. The molecular weight excluding hydrogens is 1050 g/mol. The van der Waals surface area contributed by atoms with Gasteiger partial charge < -0.3 is 20.1 Å². The van der Waals surface area contributed by atoms with Crippen LogP contribution in [-0.4, -0.2) is 49.3 Å². The quantitative estimate of drug-likeness (QED) is 0.0264. The monoisotopic (exact) mass is 1170 g/mol. The van der Waals surface area contributed by atoms with Gasteiger partial charge in [0.15, 0.2) is 6.10 Å². The molecule has 0 spiro atoms. The summed E-state index contributed by atoms with van der Waals surface area (Å²) >= 11 is 0. The van der Waals surface area contributed by atoms with E-state index in [0.29, 0.717) is 6.42 Å². The maximum atomic E-state index is 12.8. The largest absolute Gasteiger partial charge is 0.472 e. The second kappa shape index (κ2) is 66.5. The van der Waals surface area contributed by atoms with Crippen LogP contribution in [0.2, 0.25) is 0 Å². The van der Waals surface area contributed by atoms with Crippen molar-refractivity contribution in [1.82, 2.24) is 0 Å². The van der Waals surface area contributed by atoms with Crippen molar-refractivity contribution in [3.63, 3.8) is 0 Å². The predicted octanol–water partition coefficient (Wildman–Crippen LogP) is 21.4. The average Bonchev–Trinajstić information content (AvgIpc) is 3.49. The first-order chi connectivity index (χ1) is 40.8. The number of esters is 2. The number of hydrogen-bond donors (Lipinski definition) is 2. The zero-order valence-electron chi connectivity index (χ0n) is 52.4. The van der Waals surface area contributed by atoms with Crippen LogP contribution in [0.4, 0.5) is 0 Å². The zero-order chi connectivity index (χ0) is 60.1. The van der Waals surface area contributed by atoms with E-state index in [1.807, 2.05) is 0 Å². The number of hydrogen-bond acceptors (Lipinski definition) is 8. The fourth-order valence-electron chi connectivity index (χ4n) is 8.36. The first kappa shape index (κ1) is 78.4. The lowest BCUT2D eigenvalue weighted by molar-refractivity contribution is -0.161. The third-order valence-electron chi connectivity index (χ3n) is 13.1. The standard InChI is InChI=1S/C73H118NO8P/c1-3-5-7-9-11-13-15-17-19-21-23-25-27-29-31-33-34-35-36-38-40-42-44-46-48-50-52-54-56-58-60-62-64-66-73(76)82-71(70-81-83(77,78)80-68-67-74)69-79-72(75)65-63-61-59-57-55-53-51-49-47-45-43-41-39-37-32-30-28-26-24-22-20-18-16-14-12-10-8-6-4-2/h5-8,11-14,17-20,23-26,29-32,34-35,38-41,44,46,71H,3-4,9-10,15-16,21-22,27-28,33,36-37,42-43,45,47-70,74H2,1-2H3,(H,77,78)/b7-5-,8-6-,13-11-,14-12-,19-17-,20-18-,25-23-,26-24-,31-29-,32-30-,35-34-,40-38-,41-39-,46-44-. The van der Waals surface area contributed by atoms with Gasteiger partial charge >= 0.3 is 19.8 Å². The van der Waals surface area contributed by atoms with Crippen LogP contribution in [0.3, 0.4) is 0 Å². The van der Waals surface area contributed by atoms with Gasteiger partial charge in [0.25, 0.3) is 0 Å². The Kier molecular flexibility index (Phi) is 62.8. The molecule has 10 heteroatoms. The van der Waals surface area contributed by atoms with Gasteiger partial charge in [-0.15, -0.1) is 0 Å². The molecule has 0 fully saturated rings. The fraction of sp³-hybridized carbons (Fsp3) is 0.589. The maximum Gasteiger partial charge on any atom is 0.472 e. The summed E-state index contributed by atoms with van der Waals surface area (Å²) in [5.41, 5.74) is 5.39. The third-order valence-corrected chi connectivity index (χ3v) is 14.1. The molecule has 0 amide bonds. The van der Waals surface area contributed by atoms with Crippen molar-refractivity contribution in [2.75, 3.05) is 26.4 Å². The van der Waals surface area contributed by atoms with E-state index in [0.717, 1.165) is 148 Å². The van der Waals surface area contributed by atoms with Crippen molar-refractivity contribution >= 4 is 19.8 Å². The van der Waals surface area contributed by atoms with Crippen LogP contribution < -0.4 is 5.73 Å². The number of phosphoric acid groups is 1. The predicted molar refractivity (Wildman–Crippen MR) is 357 cm³/mol. The summed E-state index contributed by atoms with van der Waals surface area (Å²) in [6.07, 6.45) is 98.4. The maximum absolute atomic E-state index is 12.8. The minimum Gasteiger partial charge on any atom is -0.462 e. The molecule has 0 aliphatic rings. The number of rotatable bonds is 59. The number of ether oxygens (including phenoxy) is 2. The van der Waals surface area contributed by atoms with E-state index < -0.39 is 32.5 Å². The van der Waals surface area contributed by atoms with Crippen LogP contribution in [0.25, 0.3) is 0 Å². The summed E-state index contributed by atoms with van der Waals surface area (Å²) in [5.74, 6) is -0.853. The molecule has 2 unspecified atom stereocenters. The van der Waals surface area contributed by atoms with Crippen molar-refractivity contribution in [2.24, 2.45) is 5.73 Å². The highest BCUT2D eigenvalue weighted by atomic mass is 31.2. The Morgan fingerprint density at radius 3 is 0.928 bits per heavy atom. The molecule has 0 heterocycles. The number of carbonyl (C=O) groups is 2. The Morgan fingerprint density at radius 1 is 0.361 bits per heavy atom. The lowest BCUT2D eigenvalue weighted by Crippen LogP contribution is -2.29. The minimum atomic E-state index is -4.41. The molecule has 2 atom stereocenters. The molecule has 468 valence electrons. The van der Waals surface area contributed by atoms with Crippen LogP contribution in [0, 0.1) is 0 Å². The Hall–Kier alpha value is -4.63. The summed E-state index contributed by atoms with van der Waals surface area (Å²) < 4.78 is 33.1. The van der Waals surface area contributed by atoms with Crippen molar-refractivity contribution in [3.05, 3.63) is 170 Å². The van der Waals surface area contributed by atoms with E-state index in [1.165, 1.54) is 64.2 Å². The van der Waals surface area contributed by atoms with Gasteiger partial charge in [0.05, 0.1) is 13.2 Å². The van der Waals surface area contributed by atoms with Crippen LogP contribution in [-0.2, 0) is 32.7 Å². The number of nitrogens with two attached hydrogens (primary N) is 1. The topological polar surface area (TPSA) is 134 Å². The Morgan fingerprint density at radius 2 is 0.627 bits per heavy atom. The second-order valence-corrected chi connectivity index (χ2v) is 22.3. The summed E-state index contributed by atoms with van der Waals surface area (Å²) in [7, 11) is -4.41. The van der Waals surface area contributed by atoms with Gasteiger partial charge in [-0.05, 0) is 128 Å². The van der Waals surface area contributed by atoms with Gasteiger partial charge in [-0.3, -0.25) is 18.6 Å². The summed E-state index contributed by atoms with van der Waals surface area (Å²) in [6, 6.07) is 0. The molecule has 83 heavy (non-hydrogen) atoms. The average molecular weight is 1170 g/mol. The molecule has 0 saturated heterocycles. The van der Waals surface area contributed by atoms with Gasteiger partial charge in [-0.1, -0.05) is 274 Å². The fourth-order valence-corrected chi connectivity index (χ4v) is 9.13. The van der Waals surface area contributed by atoms with Gasteiger partial charge in [0.1, 0.15) is 6.61 Å². The number of allylic oxidation sites excluding steroid dienone is 28. The third kappa shape index (κ3) is 66.4. The minimum absolute atomic E-state index is 0.0423. The lowest BCUT2D eigenvalue weighted by Gasteiger charge is -2.19. The zero-order valence-corrected chi connectivity index (χ0v) is 53.3. The van der Waals surface area contributed by atoms with Crippen molar-refractivity contribution in [2.45, 2.75) is 251 Å². The van der Waals surface area contributed by atoms with Gasteiger partial charge in [0.2, 0.25) is 0 Å². The normalized spacial score (nSPS) is 14.1. The van der Waals surface area contributed by atoms with Crippen LogP contribution in [0.15, 0.2) is 170 Å². The Bertz CT molecular complexity index is 1960. The summed E-state index contributed by atoms with van der Waals surface area (Å²) in [6.45, 7) is 3.49. The van der Waals surface area contributed by atoms with Gasteiger partial charge in [0, 0.05) is 19.4 Å². The van der Waals surface area contributed by atoms with E-state index in [2.05, 4.69) is 184 Å². The van der Waals surface area contributed by atoms with E-state index in [9.17, 15) is 19.0 Å². The smallest absolute Gasteiger partial charge is 0.462 e. The van der Waals surface area contributed by atoms with E-state index in [1.54, 1.807) is 0 Å². The molecule has 3 N–H and O–H groups in total. The number of phosphoric ester groups is 1. The highest BCUT2D eigenvalue weighted by Gasteiger charge is 2.26.